The minimum atomic E-state index is 0.0549. The van der Waals surface area contributed by atoms with Crippen molar-refractivity contribution in [2.45, 2.75) is 13.0 Å². The summed E-state index contributed by atoms with van der Waals surface area (Å²) < 4.78 is 0. The largest absolute Gasteiger partial charge is 0.362 e. The zero-order chi connectivity index (χ0) is 21.4. The molecule has 31 heavy (non-hydrogen) atoms. The van der Waals surface area contributed by atoms with Crippen molar-refractivity contribution in [1.29, 1.82) is 0 Å². The number of carbonyl (C=O) groups is 1. The van der Waals surface area contributed by atoms with Crippen molar-refractivity contribution in [2.24, 2.45) is 0 Å². The topological polar surface area (TPSA) is 49.3 Å². The molecule has 0 atom stereocenters. The third kappa shape index (κ3) is 3.52. The molecule has 0 bridgehead atoms. The average molecular weight is 409 g/mol. The number of fused-ring (bicyclic) bond motifs is 2. The SMILES string of the molecule is CN(C)c1nc(-c2ccccc2)nc2c1CN(C(=O)c1cccc3ccccc13)CC2. The maximum Gasteiger partial charge on any atom is 0.254 e. The molecule has 0 N–H and O–H groups in total. The number of hydrogen-bond acceptors (Lipinski definition) is 4. The lowest BCUT2D eigenvalue weighted by Gasteiger charge is -2.31. The smallest absolute Gasteiger partial charge is 0.254 e. The fourth-order valence-corrected chi connectivity index (χ4v) is 4.24. The van der Waals surface area contributed by atoms with Crippen molar-refractivity contribution in [3.63, 3.8) is 0 Å². The summed E-state index contributed by atoms with van der Waals surface area (Å²) in [7, 11) is 3.98. The zero-order valence-corrected chi connectivity index (χ0v) is 17.7. The fraction of sp³-hybridized carbons (Fsp3) is 0.192. The molecule has 1 aliphatic rings. The van der Waals surface area contributed by atoms with Crippen molar-refractivity contribution in [3.05, 3.63) is 89.6 Å². The molecular weight excluding hydrogens is 384 g/mol. The van der Waals surface area contributed by atoms with Gasteiger partial charge in [-0.3, -0.25) is 4.79 Å². The molecule has 4 aromatic rings. The highest BCUT2D eigenvalue weighted by Gasteiger charge is 2.27. The monoisotopic (exact) mass is 408 g/mol. The summed E-state index contributed by atoms with van der Waals surface area (Å²) in [5, 5.41) is 2.07. The summed E-state index contributed by atoms with van der Waals surface area (Å²) in [6.07, 6.45) is 0.717. The highest BCUT2D eigenvalue weighted by molar-refractivity contribution is 6.07. The van der Waals surface area contributed by atoms with Gasteiger partial charge >= 0.3 is 0 Å². The Morgan fingerprint density at radius 3 is 2.45 bits per heavy atom. The van der Waals surface area contributed by atoms with Crippen molar-refractivity contribution < 1.29 is 4.79 Å². The van der Waals surface area contributed by atoms with Gasteiger partial charge in [-0.2, -0.15) is 0 Å². The van der Waals surface area contributed by atoms with Crippen LogP contribution < -0.4 is 4.90 Å². The van der Waals surface area contributed by atoms with Crippen LogP contribution in [0, 0.1) is 0 Å². The van der Waals surface area contributed by atoms with Gasteiger partial charge in [-0.25, -0.2) is 9.97 Å². The van der Waals surface area contributed by atoms with Crippen LogP contribution in [0.5, 0.6) is 0 Å². The Hall–Kier alpha value is -3.73. The molecule has 1 aromatic heterocycles. The summed E-state index contributed by atoms with van der Waals surface area (Å²) >= 11 is 0. The van der Waals surface area contributed by atoms with Crippen LogP contribution >= 0.6 is 0 Å². The number of hydrogen-bond donors (Lipinski definition) is 0. The van der Waals surface area contributed by atoms with E-state index in [2.05, 4.69) is 0 Å². The Labute approximate surface area is 182 Å². The second kappa shape index (κ2) is 7.84. The van der Waals surface area contributed by atoms with Gasteiger partial charge in [0.2, 0.25) is 0 Å². The highest BCUT2D eigenvalue weighted by Crippen LogP contribution is 2.30. The third-order valence-electron chi connectivity index (χ3n) is 5.80. The Morgan fingerprint density at radius 1 is 0.903 bits per heavy atom. The molecule has 5 rings (SSSR count). The molecule has 5 nitrogen and oxygen atoms in total. The number of amides is 1. The number of benzene rings is 3. The number of nitrogens with zero attached hydrogens (tertiary/aromatic N) is 4. The summed E-state index contributed by atoms with van der Waals surface area (Å²) in [6, 6.07) is 24.0. The van der Waals surface area contributed by atoms with Gasteiger partial charge in [0.15, 0.2) is 5.82 Å². The second-order valence-corrected chi connectivity index (χ2v) is 8.06. The van der Waals surface area contributed by atoms with E-state index in [1.807, 2.05) is 96.7 Å². The summed E-state index contributed by atoms with van der Waals surface area (Å²) in [5.74, 6) is 1.66. The number of carbonyl (C=O) groups excluding carboxylic acids is 1. The fourth-order valence-electron chi connectivity index (χ4n) is 4.24. The Balaban J connectivity index is 1.52. The minimum absolute atomic E-state index is 0.0549. The number of aromatic nitrogens is 2. The average Bonchev–Trinajstić information content (AvgIpc) is 2.82. The van der Waals surface area contributed by atoms with Crippen LogP contribution in [0.2, 0.25) is 0 Å². The molecule has 1 aliphatic heterocycles. The van der Waals surface area contributed by atoms with E-state index in [4.69, 9.17) is 9.97 Å². The second-order valence-electron chi connectivity index (χ2n) is 8.06. The first-order chi connectivity index (χ1) is 15.1. The van der Waals surface area contributed by atoms with Gasteiger partial charge < -0.3 is 9.80 Å². The van der Waals surface area contributed by atoms with Crippen LogP contribution in [0.25, 0.3) is 22.2 Å². The normalized spacial score (nSPS) is 13.2. The lowest BCUT2D eigenvalue weighted by atomic mass is 10.0. The quantitative estimate of drug-likeness (QED) is 0.499. The standard InChI is InChI=1S/C26H24N4O/c1-29(2)25-22-17-30(26(31)21-14-8-12-18-9-6-7-13-20(18)21)16-15-23(22)27-24(28-25)19-10-4-3-5-11-19/h3-14H,15-17H2,1-2H3. The maximum absolute atomic E-state index is 13.5. The van der Waals surface area contributed by atoms with E-state index in [-0.39, 0.29) is 5.91 Å². The lowest BCUT2D eigenvalue weighted by Crippen LogP contribution is -2.37. The molecule has 0 unspecified atom stereocenters. The van der Waals surface area contributed by atoms with Crippen molar-refractivity contribution >= 4 is 22.5 Å². The first-order valence-electron chi connectivity index (χ1n) is 10.5. The Bertz CT molecular complexity index is 1260. The molecule has 0 radical (unpaired) electrons. The summed E-state index contributed by atoms with van der Waals surface area (Å²) in [6.45, 7) is 1.16. The maximum atomic E-state index is 13.5. The number of rotatable bonds is 3. The molecule has 2 heterocycles. The highest BCUT2D eigenvalue weighted by atomic mass is 16.2. The molecule has 0 aliphatic carbocycles. The molecule has 3 aromatic carbocycles. The van der Waals surface area contributed by atoms with E-state index in [1.165, 1.54) is 0 Å². The van der Waals surface area contributed by atoms with Gasteiger partial charge in [0.05, 0.1) is 12.2 Å². The molecule has 0 saturated carbocycles. The van der Waals surface area contributed by atoms with E-state index in [0.717, 1.165) is 51.2 Å². The predicted molar refractivity (Wildman–Crippen MR) is 124 cm³/mol. The van der Waals surface area contributed by atoms with E-state index in [1.54, 1.807) is 0 Å². The Morgan fingerprint density at radius 2 is 1.65 bits per heavy atom. The lowest BCUT2D eigenvalue weighted by molar-refractivity contribution is 0.0735. The van der Waals surface area contributed by atoms with Gasteiger partial charge in [-0.05, 0) is 16.8 Å². The number of anilines is 1. The van der Waals surface area contributed by atoms with Crippen molar-refractivity contribution in [1.82, 2.24) is 14.9 Å². The van der Waals surface area contributed by atoms with Crippen LogP contribution in [0.4, 0.5) is 5.82 Å². The van der Waals surface area contributed by atoms with Crippen molar-refractivity contribution in [2.75, 3.05) is 25.5 Å². The molecule has 154 valence electrons. The van der Waals surface area contributed by atoms with E-state index < -0.39 is 0 Å². The van der Waals surface area contributed by atoms with Crippen LogP contribution in [0.1, 0.15) is 21.6 Å². The van der Waals surface area contributed by atoms with Gasteiger partial charge in [0.25, 0.3) is 5.91 Å². The van der Waals surface area contributed by atoms with Gasteiger partial charge in [-0.15, -0.1) is 0 Å². The van der Waals surface area contributed by atoms with Gasteiger partial charge in [0.1, 0.15) is 5.82 Å². The van der Waals surface area contributed by atoms with Crippen LogP contribution in [0.15, 0.2) is 72.8 Å². The van der Waals surface area contributed by atoms with E-state index in [9.17, 15) is 4.79 Å². The molecule has 0 fully saturated rings. The first-order valence-corrected chi connectivity index (χ1v) is 10.5. The molecule has 5 heteroatoms. The third-order valence-corrected chi connectivity index (χ3v) is 5.80. The van der Waals surface area contributed by atoms with Crippen molar-refractivity contribution in [3.8, 4) is 11.4 Å². The first kappa shape index (κ1) is 19.2. The molecule has 0 saturated heterocycles. The van der Waals surface area contributed by atoms with E-state index in [0.29, 0.717) is 13.1 Å². The van der Waals surface area contributed by atoms with Gasteiger partial charge in [0, 0.05) is 43.8 Å². The molecular formula is C26H24N4O. The van der Waals surface area contributed by atoms with Crippen LogP contribution in [0.3, 0.4) is 0 Å². The molecule has 0 spiro atoms. The Kier molecular flexibility index (Phi) is 4.86. The minimum Gasteiger partial charge on any atom is -0.362 e. The van der Waals surface area contributed by atoms with Gasteiger partial charge in [-0.1, -0.05) is 66.7 Å². The summed E-state index contributed by atoms with van der Waals surface area (Å²) in [5.41, 5.74) is 3.81. The predicted octanol–water partition coefficient (Wildman–Crippen LogP) is 4.56. The van der Waals surface area contributed by atoms with Crippen LogP contribution in [-0.4, -0.2) is 41.4 Å². The van der Waals surface area contributed by atoms with Crippen LogP contribution in [-0.2, 0) is 13.0 Å². The summed E-state index contributed by atoms with van der Waals surface area (Å²) in [4.78, 5) is 27.1. The molecule has 1 amide bonds. The van der Waals surface area contributed by atoms with E-state index >= 15 is 0 Å². The zero-order valence-electron chi connectivity index (χ0n) is 17.7.